The Morgan fingerprint density at radius 2 is 1.73 bits per heavy atom. The molecule has 6 unspecified atom stereocenters. The fraction of sp³-hybridized carbons (Fsp3) is 0.923. The van der Waals surface area contributed by atoms with Gasteiger partial charge in [0.05, 0.1) is 0 Å². The van der Waals surface area contributed by atoms with Crippen LogP contribution in [0.2, 0.25) is 0 Å². The first-order valence-electron chi connectivity index (χ1n) is 12.1. The molecule has 0 N–H and O–H groups in total. The molecular formula is C26H42. The minimum absolute atomic E-state index is 0.634. The van der Waals surface area contributed by atoms with Crippen molar-refractivity contribution in [2.45, 2.75) is 105 Å². The van der Waals surface area contributed by atoms with Gasteiger partial charge in [-0.1, -0.05) is 38.8 Å². The van der Waals surface area contributed by atoms with Crippen LogP contribution in [-0.2, 0) is 0 Å². The molecule has 26 heavy (non-hydrogen) atoms. The lowest BCUT2D eigenvalue weighted by Gasteiger charge is -2.66. The Labute approximate surface area is 162 Å². The summed E-state index contributed by atoms with van der Waals surface area (Å²) < 4.78 is 0. The summed E-state index contributed by atoms with van der Waals surface area (Å²) in [5, 5.41) is 0. The van der Waals surface area contributed by atoms with E-state index in [9.17, 15) is 0 Å². The van der Waals surface area contributed by atoms with Crippen LogP contribution in [0.3, 0.4) is 0 Å². The molecule has 0 nitrogen and oxygen atoms in total. The van der Waals surface area contributed by atoms with Gasteiger partial charge in [-0.2, -0.15) is 0 Å². The molecule has 0 heterocycles. The van der Waals surface area contributed by atoms with E-state index >= 15 is 0 Å². The van der Waals surface area contributed by atoms with Crippen LogP contribution >= 0.6 is 0 Å². The minimum atomic E-state index is 0.634. The van der Waals surface area contributed by atoms with Gasteiger partial charge in [-0.15, -0.1) is 0 Å². The Balaban J connectivity index is 1.48. The predicted octanol–water partition coefficient (Wildman–Crippen LogP) is 7.78. The predicted molar refractivity (Wildman–Crippen MR) is 111 cm³/mol. The van der Waals surface area contributed by atoms with Gasteiger partial charge in [0.1, 0.15) is 0 Å². The summed E-state index contributed by atoms with van der Waals surface area (Å²) in [6.45, 7) is 10.3. The Hall–Kier alpha value is -0.260. The van der Waals surface area contributed by atoms with Gasteiger partial charge in [-0.05, 0) is 123 Å². The summed E-state index contributed by atoms with van der Waals surface area (Å²) in [5.41, 5.74) is 3.86. The van der Waals surface area contributed by atoms with E-state index in [1.165, 1.54) is 44.9 Å². The molecule has 0 amide bonds. The van der Waals surface area contributed by atoms with Gasteiger partial charge < -0.3 is 0 Å². The standard InChI is InChI=1S/C26H42/c1-5-19-7-6-13-26-16-12-22-20(23(26)9-8-21(19)26)11-14-24(3)17-18(2)10-15-25(22,24)4/h5,18,20-23H,6-17H2,1-4H3/b19-5+/t18-,20?,21?,22?,23?,24+,25?,26?/m1/s1. The van der Waals surface area contributed by atoms with Crippen molar-refractivity contribution in [2.24, 2.45) is 45.8 Å². The van der Waals surface area contributed by atoms with E-state index in [4.69, 9.17) is 0 Å². The van der Waals surface area contributed by atoms with E-state index in [0.29, 0.717) is 10.8 Å². The molecule has 0 aromatic rings. The van der Waals surface area contributed by atoms with Crippen LogP contribution in [0.5, 0.6) is 0 Å². The van der Waals surface area contributed by atoms with Crippen LogP contribution in [0.15, 0.2) is 11.6 Å². The quantitative estimate of drug-likeness (QED) is 0.389. The largest absolute Gasteiger partial charge is 0.0882 e. The first kappa shape index (κ1) is 17.8. The zero-order valence-electron chi connectivity index (χ0n) is 17.9. The second-order valence-electron chi connectivity index (χ2n) is 11.9. The van der Waals surface area contributed by atoms with Crippen LogP contribution in [0.1, 0.15) is 105 Å². The lowest BCUT2D eigenvalue weighted by Crippen LogP contribution is -2.58. The molecule has 0 aromatic heterocycles. The number of hydrogen-bond donors (Lipinski definition) is 0. The molecule has 0 saturated heterocycles. The van der Waals surface area contributed by atoms with Crippen LogP contribution < -0.4 is 0 Å². The average Bonchev–Trinajstić information content (AvgIpc) is 3.02. The van der Waals surface area contributed by atoms with Crippen molar-refractivity contribution in [1.29, 1.82) is 0 Å². The fourth-order valence-electron chi connectivity index (χ4n) is 9.93. The van der Waals surface area contributed by atoms with E-state index in [1.807, 2.05) is 5.57 Å². The average molecular weight is 355 g/mol. The molecule has 1 spiro atoms. The second-order valence-corrected chi connectivity index (χ2v) is 11.9. The third-order valence-corrected chi connectivity index (χ3v) is 11.3. The molecule has 0 radical (unpaired) electrons. The number of hydrogen-bond acceptors (Lipinski definition) is 0. The van der Waals surface area contributed by atoms with Crippen molar-refractivity contribution in [3.63, 3.8) is 0 Å². The van der Waals surface area contributed by atoms with Crippen molar-refractivity contribution >= 4 is 0 Å². The molecule has 0 bridgehead atoms. The summed E-state index contributed by atoms with van der Waals surface area (Å²) in [5.74, 6) is 5.11. The number of allylic oxidation sites excluding steroid dienone is 2. The van der Waals surface area contributed by atoms with Crippen LogP contribution in [-0.4, -0.2) is 0 Å². The maximum atomic E-state index is 2.75. The van der Waals surface area contributed by atoms with Crippen molar-refractivity contribution in [1.82, 2.24) is 0 Å². The fourth-order valence-corrected chi connectivity index (χ4v) is 9.93. The third-order valence-electron chi connectivity index (χ3n) is 11.3. The lowest BCUT2D eigenvalue weighted by atomic mass is 9.39. The normalized spacial score (nSPS) is 57.8. The topological polar surface area (TPSA) is 0 Å². The Morgan fingerprint density at radius 3 is 2.54 bits per heavy atom. The number of fused-ring (bicyclic) bond motifs is 4. The van der Waals surface area contributed by atoms with Gasteiger partial charge in [0.15, 0.2) is 0 Å². The van der Waals surface area contributed by atoms with E-state index in [2.05, 4.69) is 33.8 Å². The number of rotatable bonds is 0. The van der Waals surface area contributed by atoms with Crippen LogP contribution in [0.4, 0.5) is 0 Å². The summed E-state index contributed by atoms with van der Waals surface area (Å²) in [6.07, 6.45) is 20.8. The molecule has 5 fully saturated rings. The minimum Gasteiger partial charge on any atom is -0.0882 e. The summed E-state index contributed by atoms with van der Waals surface area (Å²) in [7, 11) is 0. The van der Waals surface area contributed by atoms with Gasteiger partial charge in [0.25, 0.3) is 0 Å². The lowest BCUT2D eigenvalue weighted by molar-refractivity contribution is -0.164. The highest BCUT2D eigenvalue weighted by atomic mass is 14.7. The molecule has 0 heteroatoms. The van der Waals surface area contributed by atoms with Gasteiger partial charge in [-0.25, -0.2) is 0 Å². The second kappa shape index (κ2) is 5.87. The van der Waals surface area contributed by atoms with E-state index in [0.717, 1.165) is 35.0 Å². The highest BCUT2D eigenvalue weighted by Gasteiger charge is 2.64. The molecule has 5 saturated carbocycles. The maximum Gasteiger partial charge on any atom is -0.0144 e. The molecule has 8 atom stereocenters. The van der Waals surface area contributed by atoms with Crippen molar-refractivity contribution < 1.29 is 0 Å². The van der Waals surface area contributed by atoms with Crippen LogP contribution in [0, 0.1) is 45.8 Å². The van der Waals surface area contributed by atoms with E-state index < -0.39 is 0 Å². The summed E-state index contributed by atoms with van der Waals surface area (Å²) >= 11 is 0. The molecule has 0 aromatic carbocycles. The Kier molecular flexibility index (Phi) is 4.02. The van der Waals surface area contributed by atoms with Crippen LogP contribution in [0.25, 0.3) is 0 Å². The first-order valence-corrected chi connectivity index (χ1v) is 12.1. The highest BCUT2D eigenvalue weighted by Crippen LogP contribution is 2.73. The highest BCUT2D eigenvalue weighted by molar-refractivity contribution is 5.22. The maximum absolute atomic E-state index is 2.75. The summed E-state index contributed by atoms with van der Waals surface area (Å²) in [4.78, 5) is 0. The van der Waals surface area contributed by atoms with Gasteiger partial charge >= 0.3 is 0 Å². The molecule has 146 valence electrons. The zero-order chi connectivity index (χ0) is 18.2. The molecule has 0 aliphatic heterocycles. The zero-order valence-corrected chi connectivity index (χ0v) is 17.9. The Bertz CT molecular complexity index is 601. The molecule has 5 aliphatic rings. The monoisotopic (exact) mass is 354 g/mol. The Morgan fingerprint density at radius 1 is 0.885 bits per heavy atom. The SMILES string of the molecule is C/C=C1\CCCC23CCC4C(CC[C@@]5(C)C[C@H](C)CCC45C)C2CCC13. The molecule has 5 aliphatic carbocycles. The van der Waals surface area contributed by atoms with Crippen molar-refractivity contribution in [2.75, 3.05) is 0 Å². The smallest absolute Gasteiger partial charge is 0.0144 e. The molecule has 5 rings (SSSR count). The van der Waals surface area contributed by atoms with Crippen molar-refractivity contribution in [3.05, 3.63) is 11.6 Å². The van der Waals surface area contributed by atoms with Crippen molar-refractivity contribution in [3.8, 4) is 0 Å². The molecular weight excluding hydrogens is 312 g/mol. The van der Waals surface area contributed by atoms with Gasteiger partial charge in [-0.3, -0.25) is 0 Å². The first-order chi connectivity index (χ1) is 12.4. The summed E-state index contributed by atoms with van der Waals surface area (Å²) in [6, 6.07) is 0. The van der Waals surface area contributed by atoms with E-state index in [-0.39, 0.29) is 0 Å². The van der Waals surface area contributed by atoms with E-state index in [1.54, 1.807) is 32.1 Å². The third kappa shape index (κ3) is 2.14. The van der Waals surface area contributed by atoms with Gasteiger partial charge in [0, 0.05) is 0 Å². The van der Waals surface area contributed by atoms with Gasteiger partial charge in [0.2, 0.25) is 0 Å².